The molecule has 0 atom stereocenters. The summed E-state index contributed by atoms with van der Waals surface area (Å²) in [6.45, 7) is 0. The van der Waals surface area contributed by atoms with Crippen LogP contribution in [0, 0.1) is 17.5 Å². The fourth-order valence-electron chi connectivity index (χ4n) is 3.19. The van der Waals surface area contributed by atoms with Crippen molar-refractivity contribution in [3.63, 3.8) is 0 Å². The first-order chi connectivity index (χ1) is 13.8. The van der Waals surface area contributed by atoms with Gasteiger partial charge in [-0.2, -0.15) is 5.10 Å². The molecule has 9 heteroatoms. The third-order valence-corrected chi connectivity index (χ3v) is 4.80. The molecule has 0 unspecified atom stereocenters. The number of hydrogen-bond acceptors (Lipinski definition) is 2. The molecule has 4 nitrogen and oxygen atoms in total. The maximum atomic E-state index is 14.8. The van der Waals surface area contributed by atoms with Crippen LogP contribution in [0.2, 0.25) is 0 Å². The van der Waals surface area contributed by atoms with Crippen LogP contribution in [0.3, 0.4) is 0 Å². The highest BCUT2D eigenvalue weighted by Gasteiger charge is 2.30. The van der Waals surface area contributed by atoms with E-state index in [9.17, 15) is 26.7 Å². The summed E-state index contributed by atoms with van der Waals surface area (Å²) < 4.78 is 70.5. The molecule has 1 aromatic heterocycles. The molecule has 3 aromatic rings. The number of nitrogens with zero attached hydrogens (tertiary/aromatic N) is 2. The van der Waals surface area contributed by atoms with E-state index in [2.05, 4.69) is 5.10 Å². The molecule has 0 bridgehead atoms. The van der Waals surface area contributed by atoms with Crippen molar-refractivity contribution >= 4 is 5.91 Å². The molecular weight excluding hydrogens is 393 g/mol. The van der Waals surface area contributed by atoms with E-state index < -0.39 is 41.0 Å². The molecule has 1 amide bonds. The van der Waals surface area contributed by atoms with Gasteiger partial charge in [-0.15, -0.1) is 0 Å². The Bertz CT molecular complexity index is 1120. The summed E-state index contributed by atoms with van der Waals surface area (Å²) >= 11 is 0. The molecule has 150 valence electrons. The van der Waals surface area contributed by atoms with Crippen molar-refractivity contribution < 1.29 is 26.7 Å². The molecule has 4 rings (SSSR count). The van der Waals surface area contributed by atoms with Gasteiger partial charge in [-0.05, 0) is 48.7 Å². The summed E-state index contributed by atoms with van der Waals surface area (Å²) in [6.07, 6.45) is -1.18. The number of benzene rings is 2. The van der Waals surface area contributed by atoms with Crippen molar-refractivity contribution in [2.45, 2.75) is 25.2 Å². The van der Waals surface area contributed by atoms with Gasteiger partial charge in [0.25, 0.3) is 12.3 Å². The first kappa shape index (κ1) is 19.1. The standard InChI is InChI=1S/C20H14F5N3O/c21-12-5-4-11(18(23)17(12)20(26)29)10-3-6-15(13(22)7-10)28-16(19(24)25)8-14(27-28)9-1-2-9/h3-9,19H,1-2H2,(H2,26,29). The molecule has 1 heterocycles. The molecule has 0 spiro atoms. The van der Waals surface area contributed by atoms with E-state index in [0.717, 1.165) is 35.7 Å². The highest BCUT2D eigenvalue weighted by atomic mass is 19.3. The quantitative estimate of drug-likeness (QED) is 0.614. The predicted molar refractivity (Wildman–Crippen MR) is 94.3 cm³/mol. The number of amides is 1. The fraction of sp³-hybridized carbons (Fsp3) is 0.200. The third-order valence-electron chi connectivity index (χ3n) is 4.80. The number of carbonyl (C=O) groups excluding carboxylic acids is 1. The molecule has 0 saturated heterocycles. The second-order valence-electron chi connectivity index (χ2n) is 6.80. The minimum Gasteiger partial charge on any atom is -0.365 e. The first-order valence-electron chi connectivity index (χ1n) is 8.74. The molecule has 1 saturated carbocycles. The van der Waals surface area contributed by atoms with Gasteiger partial charge in [0.15, 0.2) is 0 Å². The van der Waals surface area contributed by atoms with Crippen LogP contribution in [-0.4, -0.2) is 15.7 Å². The molecule has 1 aliphatic rings. The van der Waals surface area contributed by atoms with Crippen LogP contribution in [0.1, 0.15) is 46.9 Å². The summed E-state index contributed by atoms with van der Waals surface area (Å²) in [5.41, 5.74) is 3.59. The van der Waals surface area contributed by atoms with E-state index in [1.54, 1.807) is 0 Å². The number of alkyl halides is 2. The van der Waals surface area contributed by atoms with Gasteiger partial charge in [-0.3, -0.25) is 4.79 Å². The van der Waals surface area contributed by atoms with Gasteiger partial charge in [0.2, 0.25) is 0 Å². The van der Waals surface area contributed by atoms with Crippen molar-refractivity contribution in [1.29, 1.82) is 0 Å². The Hall–Kier alpha value is -3.23. The summed E-state index contributed by atoms with van der Waals surface area (Å²) in [4.78, 5) is 11.3. The average molecular weight is 407 g/mol. The van der Waals surface area contributed by atoms with Gasteiger partial charge >= 0.3 is 0 Å². The zero-order valence-corrected chi connectivity index (χ0v) is 14.8. The van der Waals surface area contributed by atoms with Gasteiger partial charge in [0.1, 0.15) is 34.4 Å². The Kier molecular flexibility index (Phi) is 4.60. The number of hydrogen-bond donors (Lipinski definition) is 1. The zero-order valence-electron chi connectivity index (χ0n) is 14.8. The Balaban J connectivity index is 1.79. The smallest absolute Gasteiger partial charge is 0.280 e. The molecule has 29 heavy (non-hydrogen) atoms. The third kappa shape index (κ3) is 3.37. The Morgan fingerprint density at radius 2 is 1.79 bits per heavy atom. The number of carbonyl (C=O) groups is 1. The fourth-order valence-corrected chi connectivity index (χ4v) is 3.19. The minimum absolute atomic E-state index is 0.0144. The van der Waals surface area contributed by atoms with E-state index in [4.69, 9.17) is 5.73 Å². The van der Waals surface area contributed by atoms with Crippen molar-refractivity contribution in [1.82, 2.24) is 9.78 Å². The Morgan fingerprint density at radius 1 is 1.07 bits per heavy atom. The van der Waals surface area contributed by atoms with Crippen LogP contribution >= 0.6 is 0 Å². The highest BCUT2D eigenvalue weighted by molar-refractivity contribution is 5.95. The van der Waals surface area contributed by atoms with E-state index >= 15 is 0 Å². The summed E-state index contributed by atoms with van der Waals surface area (Å²) in [6, 6.07) is 6.49. The summed E-state index contributed by atoms with van der Waals surface area (Å²) in [5.74, 6) is -4.50. The van der Waals surface area contributed by atoms with Gasteiger partial charge < -0.3 is 5.73 Å². The summed E-state index contributed by atoms with van der Waals surface area (Å²) in [7, 11) is 0. The normalized spacial score (nSPS) is 13.9. The van der Waals surface area contributed by atoms with Crippen LogP contribution in [0.15, 0.2) is 36.4 Å². The van der Waals surface area contributed by atoms with Gasteiger partial charge in [0.05, 0.1) is 5.69 Å². The first-order valence-corrected chi connectivity index (χ1v) is 8.74. The lowest BCUT2D eigenvalue weighted by atomic mass is 10.0. The minimum atomic E-state index is -2.86. The van der Waals surface area contributed by atoms with E-state index in [1.165, 1.54) is 18.2 Å². The molecule has 1 fully saturated rings. The molecule has 0 radical (unpaired) electrons. The van der Waals surface area contributed by atoms with Gasteiger partial charge in [-0.1, -0.05) is 6.07 Å². The van der Waals surface area contributed by atoms with Crippen molar-refractivity contribution in [3.05, 3.63) is 70.8 Å². The van der Waals surface area contributed by atoms with Crippen LogP contribution in [-0.2, 0) is 0 Å². The summed E-state index contributed by atoms with van der Waals surface area (Å²) in [5, 5.41) is 4.11. The molecule has 0 aliphatic heterocycles. The monoisotopic (exact) mass is 407 g/mol. The van der Waals surface area contributed by atoms with Gasteiger partial charge in [-0.25, -0.2) is 26.6 Å². The molecule has 1 aliphatic carbocycles. The van der Waals surface area contributed by atoms with Crippen molar-refractivity contribution in [2.75, 3.05) is 0 Å². The number of primary amides is 1. The van der Waals surface area contributed by atoms with Crippen molar-refractivity contribution in [3.8, 4) is 16.8 Å². The second kappa shape index (κ2) is 6.98. The molecular formula is C20H14F5N3O. The highest BCUT2D eigenvalue weighted by Crippen LogP contribution is 2.41. The SMILES string of the molecule is NC(=O)c1c(F)ccc(-c2ccc(-n3nc(C4CC4)cc3C(F)F)c(F)c2)c1F. The van der Waals surface area contributed by atoms with Crippen LogP contribution in [0.5, 0.6) is 0 Å². The molecule has 2 aromatic carbocycles. The maximum absolute atomic E-state index is 14.8. The number of halogens is 5. The van der Waals surface area contributed by atoms with Crippen LogP contribution in [0.4, 0.5) is 22.0 Å². The van der Waals surface area contributed by atoms with Crippen molar-refractivity contribution in [2.24, 2.45) is 5.73 Å². The number of aromatic nitrogens is 2. The zero-order chi connectivity index (χ0) is 20.9. The van der Waals surface area contributed by atoms with E-state index in [1.807, 2.05) is 0 Å². The lowest BCUT2D eigenvalue weighted by molar-refractivity contribution is 0.0992. The average Bonchev–Trinajstić information content (AvgIpc) is 3.40. The van der Waals surface area contributed by atoms with E-state index in [-0.39, 0.29) is 22.7 Å². The second-order valence-corrected chi connectivity index (χ2v) is 6.80. The maximum Gasteiger partial charge on any atom is 0.280 e. The topological polar surface area (TPSA) is 60.9 Å². The lowest BCUT2D eigenvalue weighted by Crippen LogP contribution is -2.16. The van der Waals surface area contributed by atoms with Crippen LogP contribution < -0.4 is 5.73 Å². The Labute approximate surface area is 161 Å². The number of rotatable bonds is 5. The number of nitrogens with two attached hydrogens (primary N) is 1. The largest absolute Gasteiger partial charge is 0.365 e. The van der Waals surface area contributed by atoms with E-state index in [0.29, 0.717) is 5.69 Å². The molecule has 2 N–H and O–H groups in total. The van der Waals surface area contributed by atoms with Crippen LogP contribution in [0.25, 0.3) is 16.8 Å². The lowest BCUT2D eigenvalue weighted by Gasteiger charge is -2.11. The predicted octanol–water partition coefficient (Wildman–Crippen LogP) is 4.87. The Morgan fingerprint density at radius 3 is 2.38 bits per heavy atom. The van der Waals surface area contributed by atoms with Gasteiger partial charge in [0, 0.05) is 11.5 Å².